The number of anilines is 1. The van der Waals surface area contributed by atoms with Crippen molar-refractivity contribution in [2.24, 2.45) is 5.73 Å². The Kier molecular flexibility index (Phi) is 6.93. The number of nitrogens with two attached hydrogens (primary N) is 1. The lowest BCUT2D eigenvalue weighted by atomic mass is 10.0. The van der Waals surface area contributed by atoms with Gasteiger partial charge in [-0.1, -0.05) is 6.07 Å². The molecule has 0 bridgehead atoms. The zero-order chi connectivity index (χ0) is 21.6. The zero-order valence-electron chi connectivity index (χ0n) is 17.4. The Morgan fingerprint density at radius 2 is 1.87 bits per heavy atom. The molecule has 3 amide bonds. The highest BCUT2D eigenvalue weighted by Crippen LogP contribution is 2.39. The standard InChI is InChI=1S/C22H28N4O4S/c23-20(27)19-16(15-5-6-17-18(13-15)30-12-11-29-17)14-31-21(19)25-22(28)24-7-1-2-8-26-9-3-4-10-26/h5-6,13-14H,1-4,7-12H2,(H2,23,27)(H2,24,25,28). The molecule has 31 heavy (non-hydrogen) atoms. The Balaban J connectivity index is 1.36. The van der Waals surface area contributed by atoms with E-state index in [4.69, 9.17) is 15.2 Å². The Hall–Kier alpha value is -2.78. The van der Waals surface area contributed by atoms with Gasteiger partial charge in [0.25, 0.3) is 5.91 Å². The first-order valence-corrected chi connectivity index (χ1v) is 11.6. The molecule has 4 rings (SSSR count). The van der Waals surface area contributed by atoms with E-state index < -0.39 is 5.91 Å². The monoisotopic (exact) mass is 444 g/mol. The van der Waals surface area contributed by atoms with Gasteiger partial charge >= 0.3 is 6.03 Å². The fourth-order valence-corrected chi connectivity index (χ4v) is 4.90. The molecule has 0 saturated carbocycles. The van der Waals surface area contributed by atoms with Crippen LogP contribution >= 0.6 is 11.3 Å². The molecule has 2 aliphatic rings. The topological polar surface area (TPSA) is 106 Å². The summed E-state index contributed by atoms with van der Waals surface area (Å²) >= 11 is 1.27. The summed E-state index contributed by atoms with van der Waals surface area (Å²) in [7, 11) is 0. The van der Waals surface area contributed by atoms with E-state index in [1.807, 2.05) is 23.6 Å². The number of unbranched alkanes of at least 4 members (excludes halogenated alkanes) is 1. The average molecular weight is 445 g/mol. The molecule has 8 nitrogen and oxygen atoms in total. The van der Waals surface area contributed by atoms with Crippen LogP contribution in [0.2, 0.25) is 0 Å². The van der Waals surface area contributed by atoms with Crippen molar-refractivity contribution in [3.63, 3.8) is 0 Å². The average Bonchev–Trinajstić information content (AvgIpc) is 3.43. The first-order chi connectivity index (χ1) is 15.1. The van der Waals surface area contributed by atoms with Gasteiger partial charge in [-0.3, -0.25) is 10.1 Å². The van der Waals surface area contributed by atoms with Crippen molar-refractivity contribution in [3.05, 3.63) is 29.1 Å². The highest BCUT2D eigenvalue weighted by Gasteiger charge is 2.21. The number of benzene rings is 1. The van der Waals surface area contributed by atoms with E-state index in [0.29, 0.717) is 47.4 Å². The molecule has 0 radical (unpaired) electrons. The number of nitrogens with one attached hydrogen (secondary N) is 2. The van der Waals surface area contributed by atoms with Crippen molar-refractivity contribution in [2.45, 2.75) is 25.7 Å². The smallest absolute Gasteiger partial charge is 0.319 e. The van der Waals surface area contributed by atoms with E-state index in [0.717, 1.165) is 24.9 Å². The molecule has 9 heteroatoms. The summed E-state index contributed by atoms with van der Waals surface area (Å²) in [5.74, 6) is 0.715. The van der Waals surface area contributed by atoms with Gasteiger partial charge in [0, 0.05) is 17.5 Å². The summed E-state index contributed by atoms with van der Waals surface area (Å²) in [6.45, 7) is 5.04. The van der Waals surface area contributed by atoms with Crippen molar-refractivity contribution in [2.75, 3.05) is 44.7 Å². The lowest BCUT2D eigenvalue weighted by Gasteiger charge is -2.19. The number of primary amides is 1. The highest BCUT2D eigenvalue weighted by molar-refractivity contribution is 7.15. The molecule has 2 aliphatic heterocycles. The van der Waals surface area contributed by atoms with Gasteiger partial charge < -0.3 is 25.4 Å². The molecule has 0 atom stereocenters. The zero-order valence-corrected chi connectivity index (χ0v) is 18.3. The molecule has 1 aromatic heterocycles. The van der Waals surface area contributed by atoms with E-state index >= 15 is 0 Å². The van der Waals surface area contributed by atoms with Crippen LogP contribution < -0.4 is 25.8 Å². The highest BCUT2D eigenvalue weighted by atomic mass is 32.1. The minimum absolute atomic E-state index is 0.297. The normalized spacial score (nSPS) is 15.6. The molecular weight excluding hydrogens is 416 g/mol. The van der Waals surface area contributed by atoms with Crippen LogP contribution in [0, 0.1) is 0 Å². The van der Waals surface area contributed by atoms with E-state index in [1.54, 1.807) is 0 Å². The number of likely N-dealkylation sites (tertiary alicyclic amines) is 1. The number of hydrogen-bond donors (Lipinski definition) is 3. The molecular formula is C22H28N4O4S. The second-order valence-electron chi connectivity index (χ2n) is 7.71. The molecule has 3 heterocycles. The van der Waals surface area contributed by atoms with Crippen molar-refractivity contribution in [1.82, 2.24) is 10.2 Å². The Morgan fingerprint density at radius 1 is 1.10 bits per heavy atom. The number of fused-ring (bicyclic) bond motifs is 1. The van der Waals surface area contributed by atoms with E-state index in [-0.39, 0.29) is 6.03 Å². The van der Waals surface area contributed by atoms with Crippen LogP contribution in [0.5, 0.6) is 11.5 Å². The van der Waals surface area contributed by atoms with Gasteiger partial charge in [0.05, 0.1) is 5.56 Å². The SMILES string of the molecule is NC(=O)c1c(-c2ccc3c(c2)OCCO3)csc1NC(=O)NCCCCN1CCCC1. The van der Waals surface area contributed by atoms with Gasteiger partial charge in [0.15, 0.2) is 11.5 Å². The van der Waals surface area contributed by atoms with Crippen molar-refractivity contribution in [3.8, 4) is 22.6 Å². The molecule has 166 valence electrons. The molecule has 0 spiro atoms. The number of carbonyl (C=O) groups is 2. The molecule has 0 aliphatic carbocycles. The summed E-state index contributed by atoms with van der Waals surface area (Å²) in [5.41, 5.74) is 7.39. The van der Waals surface area contributed by atoms with Gasteiger partial charge in [0.2, 0.25) is 0 Å². The lowest BCUT2D eigenvalue weighted by molar-refractivity contribution is 0.100. The van der Waals surface area contributed by atoms with Gasteiger partial charge in [-0.15, -0.1) is 11.3 Å². The van der Waals surface area contributed by atoms with Crippen LogP contribution in [-0.4, -0.2) is 56.2 Å². The summed E-state index contributed by atoms with van der Waals surface area (Å²) in [4.78, 5) is 27.0. The van der Waals surface area contributed by atoms with E-state index in [1.165, 1.54) is 37.3 Å². The first kappa shape index (κ1) is 21.5. The number of thiophene rings is 1. The van der Waals surface area contributed by atoms with Gasteiger partial charge in [-0.05, 0) is 63.0 Å². The van der Waals surface area contributed by atoms with Gasteiger partial charge in [-0.2, -0.15) is 0 Å². The van der Waals surface area contributed by atoms with Crippen molar-refractivity contribution < 1.29 is 19.1 Å². The third kappa shape index (κ3) is 5.29. The predicted molar refractivity (Wildman–Crippen MR) is 121 cm³/mol. The Labute approximate surface area is 185 Å². The third-order valence-corrected chi connectivity index (χ3v) is 6.40. The minimum Gasteiger partial charge on any atom is -0.486 e. The molecule has 1 aromatic carbocycles. The van der Waals surface area contributed by atoms with Crippen LogP contribution in [0.4, 0.5) is 9.80 Å². The molecule has 2 aromatic rings. The summed E-state index contributed by atoms with van der Waals surface area (Å²) < 4.78 is 11.2. The third-order valence-electron chi connectivity index (χ3n) is 5.50. The van der Waals surface area contributed by atoms with Crippen LogP contribution in [0.1, 0.15) is 36.0 Å². The lowest BCUT2D eigenvalue weighted by Crippen LogP contribution is -2.30. The van der Waals surface area contributed by atoms with Crippen molar-refractivity contribution in [1.29, 1.82) is 0 Å². The Morgan fingerprint density at radius 3 is 2.65 bits per heavy atom. The largest absolute Gasteiger partial charge is 0.486 e. The van der Waals surface area contributed by atoms with Crippen LogP contribution in [-0.2, 0) is 0 Å². The number of nitrogens with zero attached hydrogens (tertiary/aromatic N) is 1. The number of carbonyl (C=O) groups excluding carboxylic acids is 2. The second kappa shape index (κ2) is 10.0. The quantitative estimate of drug-likeness (QED) is 0.542. The number of amides is 3. The number of rotatable bonds is 8. The van der Waals surface area contributed by atoms with Crippen LogP contribution in [0.3, 0.4) is 0 Å². The second-order valence-corrected chi connectivity index (χ2v) is 8.59. The van der Waals surface area contributed by atoms with E-state index in [2.05, 4.69) is 15.5 Å². The molecule has 0 unspecified atom stereocenters. The maximum Gasteiger partial charge on any atom is 0.319 e. The molecule has 1 fully saturated rings. The fraction of sp³-hybridized carbons (Fsp3) is 0.455. The van der Waals surface area contributed by atoms with Crippen molar-refractivity contribution >= 4 is 28.3 Å². The number of urea groups is 1. The first-order valence-electron chi connectivity index (χ1n) is 10.7. The van der Waals surface area contributed by atoms with E-state index in [9.17, 15) is 9.59 Å². The fourth-order valence-electron chi connectivity index (χ4n) is 3.93. The predicted octanol–water partition coefficient (Wildman–Crippen LogP) is 3.28. The van der Waals surface area contributed by atoms with Crippen LogP contribution in [0.15, 0.2) is 23.6 Å². The summed E-state index contributed by atoms with van der Waals surface area (Å²) in [5, 5.41) is 7.89. The van der Waals surface area contributed by atoms with Gasteiger partial charge in [-0.25, -0.2) is 4.79 Å². The summed E-state index contributed by atoms with van der Waals surface area (Å²) in [6, 6.07) is 5.16. The maximum absolute atomic E-state index is 12.3. The van der Waals surface area contributed by atoms with Crippen LogP contribution in [0.25, 0.3) is 11.1 Å². The number of hydrogen-bond acceptors (Lipinski definition) is 6. The summed E-state index contributed by atoms with van der Waals surface area (Å²) in [6.07, 6.45) is 4.55. The molecule has 4 N–H and O–H groups in total. The minimum atomic E-state index is -0.591. The number of ether oxygens (including phenoxy) is 2. The molecule has 1 saturated heterocycles. The van der Waals surface area contributed by atoms with Gasteiger partial charge in [0.1, 0.15) is 18.2 Å². The Bertz CT molecular complexity index is 940. The maximum atomic E-state index is 12.3.